The fourth-order valence-electron chi connectivity index (χ4n) is 1.64. The van der Waals surface area contributed by atoms with Gasteiger partial charge in [-0.1, -0.05) is 0 Å². The molecule has 0 radical (unpaired) electrons. The summed E-state index contributed by atoms with van der Waals surface area (Å²) in [6, 6.07) is 3.49. The number of hydrogen-bond donors (Lipinski definition) is 3. The first kappa shape index (κ1) is 8.31. The van der Waals surface area contributed by atoms with Crippen LogP contribution in [-0.2, 0) is 10.3 Å². The van der Waals surface area contributed by atoms with Crippen molar-refractivity contribution in [1.29, 1.82) is 0 Å². The Morgan fingerprint density at radius 3 is 2.77 bits per heavy atom. The van der Waals surface area contributed by atoms with Gasteiger partial charge in [-0.3, -0.25) is 0 Å². The maximum Gasteiger partial charge on any atom is 0.330 e. The molecular formula is C9H12N2O2. The number of nitrogens with one attached hydrogen (secondary N) is 1. The summed E-state index contributed by atoms with van der Waals surface area (Å²) in [6.45, 7) is 0. The van der Waals surface area contributed by atoms with Crippen LogP contribution in [-0.4, -0.2) is 16.1 Å². The van der Waals surface area contributed by atoms with Gasteiger partial charge in [-0.25, -0.2) is 4.79 Å². The van der Waals surface area contributed by atoms with Gasteiger partial charge in [0.15, 0.2) is 5.54 Å². The van der Waals surface area contributed by atoms with Crippen molar-refractivity contribution in [1.82, 2.24) is 4.98 Å². The summed E-state index contributed by atoms with van der Waals surface area (Å²) in [4.78, 5) is 13.9. The number of carbonyl (C=O) groups is 1. The number of H-pyrrole nitrogens is 1. The first-order valence-electron chi connectivity index (χ1n) is 4.32. The second kappa shape index (κ2) is 2.60. The topological polar surface area (TPSA) is 79.1 Å². The molecule has 2 rings (SSSR count). The largest absolute Gasteiger partial charge is 0.480 e. The molecule has 0 aliphatic heterocycles. The number of carboxylic acids is 1. The van der Waals surface area contributed by atoms with E-state index in [1.165, 1.54) is 0 Å². The maximum absolute atomic E-state index is 11.1. The maximum atomic E-state index is 11.1. The highest BCUT2D eigenvalue weighted by atomic mass is 16.4. The van der Waals surface area contributed by atoms with Crippen LogP contribution in [0.4, 0.5) is 0 Å². The molecule has 4 N–H and O–H groups in total. The van der Waals surface area contributed by atoms with E-state index in [0.717, 1.165) is 12.8 Å². The van der Waals surface area contributed by atoms with Crippen molar-refractivity contribution in [3.63, 3.8) is 0 Å². The Morgan fingerprint density at radius 1 is 1.69 bits per heavy atom. The lowest BCUT2D eigenvalue weighted by atomic mass is 9.91. The minimum absolute atomic E-state index is 0.0867. The van der Waals surface area contributed by atoms with Gasteiger partial charge in [0.25, 0.3) is 0 Å². The molecule has 0 spiro atoms. The average molecular weight is 180 g/mol. The first-order chi connectivity index (χ1) is 6.15. The normalized spacial score (nSPS) is 21.0. The third kappa shape index (κ3) is 1.14. The number of aromatic nitrogens is 1. The van der Waals surface area contributed by atoms with E-state index in [9.17, 15) is 4.79 Å². The minimum Gasteiger partial charge on any atom is -0.480 e. The Labute approximate surface area is 75.8 Å². The van der Waals surface area contributed by atoms with Gasteiger partial charge < -0.3 is 15.8 Å². The van der Waals surface area contributed by atoms with Gasteiger partial charge in [0.1, 0.15) is 0 Å². The number of rotatable bonds is 3. The molecule has 4 heteroatoms. The summed E-state index contributed by atoms with van der Waals surface area (Å²) < 4.78 is 0. The number of nitrogens with two attached hydrogens (primary N) is 1. The third-order valence-electron chi connectivity index (χ3n) is 2.62. The fourth-order valence-corrected chi connectivity index (χ4v) is 1.64. The van der Waals surface area contributed by atoms with Crippen LogP contribution in [0.25, 0.3) is 0 Å². The van der Waals surface area contributed by atoms with Crippen LogP contribution < -0.4 is 5.73 Å². The quantitative estimate of drug-likeness (QED) is 0.639. The van der Waals surface area contributed by atoms with E-state index >= 15 is 0 Å². The second-order valence-corrected chi connectivity index (χ2v) is 3.53. The lowest BCUT2D eigenvalue weighted by molar-refractivity contribution is -0.144. The Bertz CT molecular complexity index is 316. The highest BCUT2D eigenvalue weighted by Gasteiger charge is 2.50. The van der Waals surface area contributed by atoms with E-state index in [2.05, 4.69) is 4.98 Å². The standard InChI is InChI=1S/C9H12N2O2/c10-9(8(12)13,6-3-4-6)7-2-1-5-11-7/h1-2,5-6,11H,3-4,10H2,(H,12,13). The molecule has 0 aromatic carbocycles. The fraction of sp³-hybridized carbons (Fsp3) is 0.444. The smallest absolute Gasteiger partial charge is 0.330 e. The van der Waals surface area contributed by atoms with Gasteiger partial charge >= 0.3 is 5.97 Å². The summed E-state index contributed by atoms with van der Waals surface area (Å²) in [5, 5.41) is 9.07. The van der Waals surface area contributed by atoms with Crippen molar-refractivity contribution in [2.45, 2.75) is 18.4 Å². The Balaban J connectivity index is 2.38. The van der Waals surface area contributed by atoms with Gasteiger partial charge in [0.05, 0.1) is 0 Å². The van der Waals surface area contributed by atoms with Crippen molar-refractivity contribution in [2.75, 3.05) is 0 Å². The van der Waals surface area contributed by atoms with Gasteiger partial charge in [-0.2, -0.15) is 0 Å². The molecule has 1 aliphatic rings. The van der Waals surface area contributed by atoms with Crippen LogP contribution >= 0.6 is 0 Å². The summed E-state index contributed by atoms with van der Waals surface area (Å²) >= 11 is 0. The van der Waals surface area contributed by atoms with Crippen LogP contribution in [0.15, 0.2) is 18.3 Å². The molecule has 1 heterocycles. The monoisotopic (exact) mass is 180 g/mol. The zero-order valence-corrected chi connectivity index (χ0v) is 7.16. The zero-order valence-electron chi connectivity index (χ0n) is 7.16. The molecule has 1 aliphatic carbocycles. The highest BCUT2D eigenvalue weighted by molar-refractivity contribution is 5.80. The third-order valence-corrected chi connectivity index (χ3v) is 2.62. The van der Waals surface area contributed by atoms with E-state index in [1.54, 1.807) is 18.3 Å². The van der Waals surface area contributed by atoms with Gasteiger partial charge in [-0.05, 0) is 30.9 Å². The lowest BCUT2D eigenvalue weighted by Gasteiger charge is -2.22. The van der Waals surface area contributed by atoms with E-state index in [0.29, 0.717) is 5.69 Å². The Hall–Kier alpha value is -1.29. The lowest BCUT2D eigenvalue weighted by Crippen LogP contribution is -2.47. The SMILES string of the molecule is NC(C(=O)O)(c1ccc[nH]1)C1CC1. The van der Waals surface area contributed by atoms with Gasteiger partial charge in [0, 0.05) is 11.9 Å². The molecule has 1 unspecified atom stereocenters. The van der Waals surface area contributed by atoms with Crippen LogP contribution in [0.1, 0.15) is 18.5 Å². The minimum atomic E-state index is -1.20. The number of aromatic amines is 1. The van der Waals surface area contributed by atoms with E-state index in [1.807, 2.05) is 0 Å². The average Bonchev–Trinajstić information content (AvgIpc) is 2.80. The molecule has 4 nitrogen and oxygen atoms in total. The van der Waals surface area contributed by atoms with Crippen LogP contribution in [0.3, 0.4) is 0 Å². The molecule has 1 fully saturated rings. The van der Waals surface area contributed by atoms with E-state index < -0.39 is 11.5 Å². The first-order valence-corrected chi connectivity index (χ1v) is 4.32. The van der Waals surface area contributed by atoms with Crippen molar-refractivity contribution >= 4 is 5.97 Å². The molecule has 13 heavy (non-hydrogen) atoms. The predicted molar refractivity (Wildman–Crippen MR) is 47.0 cm³/mol. The van der Waals surface area contributed by atoms with Crippen molar-refractivity contribution in [3.05, 3.63) is 24.0 Å². The molecule has 0 bridgehead atoms. The van der Waals surface area contributed by atoms with Crippen molar-refractivity contribution in [2.24, 2.45) is 11.7 Å². The van der Waals surface area contributed by atoms with Gasteiger partial charge in [-0.15, -0.1) is 0 Å². The molecule has 1 saturated carbocycles. The van der Waals surface area contributed by atoms with Crippen LogP contribution in [0.5, 0.6) is 0 Å². The molecule has 1 aromatic rings. The van der Waals surface area contributed by atoms with E-state index in [-0.39, 0.29) is 5.92 Å². The molecular weight excluding hydrogens is 168 g/mol. The molecule has 1 atom stereocenters. The van der Waals surface area contributed by atoms with Crippen LogP contribution in [0, 0.1) is 5.92 Å². The number of carboxylic acid groups (broad SMARTS) is 1. The van der Waals surface area contributed by atoms with Crippen LogP contribution in [0.2, 0.25) is 0 Å². The Morgan fingerprint density at radius 2 is 2.38 bits per heavy atom. The van der Waals surface area contributed by atoms with Gasteiger partial charge in [0.2, 0.25) is 0 Å². The summed E-state index contributed by atoms with van der Waals surface area (Å²) in [7, 11) is 0. The van der Waals surface area contributed by atoms with E-state index in [4.69, 9.17) is 10.8 Å². The number of aliphatic carboxylic acids is 1. The molecule has 0 saturated heterocycles. The van der Waals surface area contributed by atoms with Crippen molar-refractivity contribution in [3.8, 4) is 0 Å². The second-order valence-electron chi connectivity index (χ2n) is 3.53. The predicted octanol–water partition coefficient (Wildman–Crippen LogP) is 0.663. The molecule has 70 valence electrons. The highest BCUT2D eigenvalue weighted by Crippen LogP contribution is 2.43. The Kier molecular flexibility index (Phi) is 1.66. The summed E-state index contributed by atoms with van der Waals surface area (Å²) in [5.74, 6) is -0.860. The zero-order chi connectivity index (χ0) is 9.47. The summed E-state index contributed by atoms with van der Waals surface area (Å²) in [5.41, 5.74) is 5.28. The number of hydrogen-bond acceptors (Lipinski definition) is 2. The summed E-state index contributed by atoms with van der Waals surface area (Å²) in [6.07, 6.45) is 3.51. The molecule has 1 aromatic heterocycles. The molecule has 0 amide bonds. The van der Waals surface area contributed by atoms with Crippen molar-refractivity contribution < 1.29 is 9.90 Å².